The molecule has 2 aliphatic rings. The molecule has 0 N–H and O–H groups in total. The van der Waals surface area contributed by atoms with Crippen molar-refractivity contribution in [1.29, 1.82) is 0 Å². The van der Waals surface area contributed by atoms with Gasteiger partial charge in [0.05, 0.1) is 5.56 Å². The second-order valence-electron chi connectivity index (χ2n) is 10.6. The molecule has 178 valence electrons. The van der Waals surface area contributed by atoms with E-state index in [4.69, 9.17) is 4.74 Å². The van der Waals surface area contributed by atoms with Crippen molar-refractivity contribution in [2.45, 2.75) is 117 Å². The molecule has 32 heavy (non-hydrogen) atoms. The Morgan fingerprint density at radius 3 is 2.34 bits per heavy atom. The van der Waals surface area contributed by atoms with Crippen molar-refractivity contribution in [2.75, 3.05) is 0 Å². The monoisotopic (exact) mass is 438 g/mol. The highest BCUT2D eigenvalue weighted by Crippen LogP contribution is 2.34. The van der Waals surface area contributed by atoms with Crippen LogP contribution in [0.5, 0.6) is 0 Å². The van der Waals surface area contributed by atoms with E-state index >= 15 is 0 Å². The Hall–Kier alpha value is -1.57. The molecule has 0 aliphatic heterocycles. The highest BCUT2D eigenvalue weighted by Gasteiger charge is 2.24. The van der Waals surface area contributed by atoms with Crippen LogP contribution in [-0.2, 0) is 4.74 Å². The topological polar surface area (TPSA) is 26.3 Å². The number of carbonyl (C=O) groups excluding carboxylic acids is 1. The molecule has 0 bridgehead atoms. The van der Waals surface area contributed by atoms with Gasteiger partial charge in [0.2, 0.25) is 0 Å². The first kappa shape index (κ1) is 25.1. The van der Waals surface area contributed by atoms with E-state index in [9.17, 15) is 4.79 Å². The molecule has 2 atom stereocenters. The van der Waals surface area contributed by atoms with Gasteiger partial charge in [-0.15, -0.1) is 0 Å². The molecule has 0 heterocycles. The summed E-state index contributed by atoms with van der Waals surface area (Å²) >= 11 is 0. The average Bonchev–Trinajstić information content (AvgIpc) is 2.83. The van der Waals surface area contributed by atoms with Crippen LogP contribution < -0.4 is 0 Å². The van der Waals surface area contributed by atoms with E-state index < -0.39 is 0 Å². The van der Waals surface area contributed by atoms with Crippen LogP contribution in [0.3, 0.4) is 0 Å². The Morgan fingerprint density at radius 2 is 1.72 bits per heavy atom. The van der Waals surface area contributed by atoms with Gasteiger partial charge in [0.25, 0.3) is 0 Å². The number of ether oxygens (including phenoxy) is 1. The van der Waals surface area contributed by atoms with E-state index in [0.29, 0.717) is 5.56 Å². The third-order valence-corrected chi connectivity index (χ3v) is 7.98. The standard InChI is InChI=1S/C30H46O2/c1-4-6-7-8-9-24-12-20-29(21-13-24)32-30(31)28-18-16-27(17-19-28)26-14-10-25(11-15-26)22-23(3)5-2/h14,16-19,23-25,29H,4-13,15,20-22H2,1-3H3. The van der Waals surface area contributed by atoms with E-state index in [-0.39, 0.29) is 12.1 Å². The maximum atomic E-state index is 12.7. The fraction of sp³-hybridized carbons (Fsp3) is 0.700. The fourth-order valence-electron chi connectivity index (χ4n) is 5.54. The van der Waals surface area contributed by atoms with Gasteiger partial charge in [0.15, 0.2) is 0 Å². The van der Waals surface area contributed by atoms with E-state index in [2.05, 4.69) is 39.0 Å². The fourth-order valence-corrected chi connectivity index (χ4v) is 5.54. The molecular weight excluding hydrogens is 392 g/mol. The first-order chi connectivity index (χ1) is 15.6. The molecule has 0 radical (unpaired) electrons. The molecule has 2 heteroatoms. The van der Waals surface area contributed by atoms with Crippen molar-refractivity contribution in [3.63, 3.8) is 0 Å². The highest BCUT2D eigenvalue weighted by atomic mass is 16.5. The largest absolute Gasteiger partial charge is 0.459 e. The summed E-state index contributed by atoms with van der Waals surface area (Å²) in [6, 6.07) is 8.15. The average molecular weight is 439 g/mol. The normalized spacial score (nSPS) is 24.6. The molecule has 2 unspecified atom stereocenters. The summed E-state index contributed by atoms with van der Waals surface area (Å²) in [6.45, 7) is 6.93. The third-order valence-electron chi connectivity index (χ3n) is 7.98. The van der Waals surface area contributed by atoms with E-state index in [0.717, 1.165) is 37.0 Å². The Balaban J connectivity index is 1.42. The third kappa shape index (κ3) is 7.78. The van der Waals surface area contributed by atoms with Gasteiger partial charge >= 0.3 is 5.97 Å². The molecule has 3 rings (SSSR count). The van der Waals surface area contributed by atoms with Gasteiger partial charge in [-0.05, 0) is 92.4 Å². The SMILES string of the molecule is CCCCCCC1CCC(OC(=O)c2ccc(C3=CCC(CC(C)CC)CC3)cc2)CC1. The maximum Gasteiger partial charge on any atom is 0.338 e. The van der Waals surface area contributed by atoms with E-state index in [1.54, 1.807) is 0 Å². The summed E-state index contributed by atoms with van der Waals surface area (Å²) < 4.78 is 5.86. The van der Waals surface area contributed by atoms with Gasteiger partial charge in [-0.2, -0.15) is 0 Å². The summed E-state index contributed by atoms with van der Waals surface area (Å²) in [6.07, 6.45) is 20.1. The molecule has 1 saturated carbocycles. The predicted molar refractivity (Wildman–Crippen MR) is 136 cm³/mol. The number of esters is 1. The van der Waals surface area contributed by atoms with E-state index in [1.807, 2.05) is 12.1 Å². The van der Waals surface area contributed by atoms with Crippen LogP contribution >= 0.6 is 0 Å². The van der Waals surface area contributed by atoms with Crippen LogP contribution in [0.1, 0.15) is 127 Å². The molecule has 2 nitrogen and oxygen atoms in total. The second-order valence-corrected chi connectivity index (χ2v) is 10.6. The zero-order valence-electron chi connectivity index (χ0n) is 20.9. The zero-order valence-corrected chi connectivity index (χ0v) is 20.9. The number of carbonyl (C=O) groups is 1. The van der Waals surface area contributed by atoms with Crippen molar-refractivity contribution in [1.82, 2.24) is 0 Å². The predicted octanol–water partition coefficient (Wildman–Crippen LogP) is 8.99. The van der Waals surface area contributed by atoms with Crippen LogP contribution in [0.25, 0.3) is 5.57 Å². The van der Waals surface area contributed by atoms with Crippen molar-refractivity contribution >= 4 is 11.5 Å². The van der Waals surface area contributed by atoms with Crippen LogP contribution in [0.4, 0.5) is 0 Å². The number of rotatable bonds is 11. The first-order valence-corrected chi connectivity index (χ1v) is 13.6. The summed E-state index contributed by atoms with van der Waals surface area (Å²) in [4.78, 5) is 12.7. The number of hydrogen-bond donors (Lipinski definition) is 0. The Labute approximate surface area is 197 Å². The number of allylic oxidation sites excluding steroid dienone is 2. The summed E-state index contributed by atoms with van der Waals surface area (Å²) in [5.41, 5.74) is 3.41. The zero-order chi connectivity index (χ0) is 22.8. The van der Waals surface area contributed by atoms with Crippen LogP contribution in [0.15, 0.2) is 30.3 Å². The number of unbranched alkanes of at least 4 members (excludes halogenated alkanes) is 3. The second kappa shape index (κ2) is 13.2. The van der Waals surface area contributed by atoms with Gasteiger partial charge in [-0.25, -0.2) is 4.79 Å². The van der Waals surface area contributed by atoms with Crippen molar-refractivity contribution in [2.24, 2.45) is 17.8 Å². The first-order valence-electron chi connectivity index (χ1n) is 13.6. The van der Waals surface area contributed by atoms with Crippen LogP contribution in [0.2, 0.25) is 0 Å². The van der Waals surface area contributed by atoms with Crippen LogP contribution in [0, 0.1) is 17.8 Å². The van der Waals surface area contributed by atoms with Gasteiger partial charge in [0.1, 0.15) is 6.10 Å². The Kier molecular flexibility index (Phi) is 10.3. The minimum atomic E-state index is -0.144. The quantitative estimate of drug-likeness (QED) is 0.254. The molecular formula is C30H46O2. The Bertz CT molecular complexity index is 709. The van der Waals surface area contributed by atoms with Gasteiger partial charge < -0.3 is 4.74 Å². The lowest BCUT2D eigenvalue weighted by atomic mass is 9.81. The van der Waals surface area contributed by atoms with Gasteiger partial charge in [-0.3, -0.25) is 0 Å². The molecule has 1 aromatic carbocycles. The van der Waals surface area contributed by atoms with Gasteiger partial charge in [-0.1, -0.05) is 77.5 Å². The molecule has 0 spiro atoms. The molecule has 1 aromatic rings. The highest BCUT2D eigenvalue weighted by molar-refractivity contribution is 5.90. The molecule has 0 amide bonds. The molecule has 2 aliphatic carbocycles. The summed E-state index contributed by atoms with van der Waals surface area (Å²) in [5, 5.41) is 0. The smallest absolute Gasteiger partial charge is 0.338 e. The van der Waals surface area contributed by atoms with E-state index in [1.165, 1.54) is 81.8 Å². The molecule has 0 saturated heterocycles. The minimum Gasteiger partial charge on any atom is -0.459 e. The minimum absolute atomic E-state index is 0.109. The molecule has 1 fully saturated rings. The van der Waals surface area contributed by atoms with Crippen molar-refractivity contribution in [3.8, 4) is 0 Å². The van der Waals surface area contributed by atoms with Crippen LogP contribution in [-0.4, -0.2) is 12.1 Å². The lowest BCUT2D eigenvalue weighted by Gasteiger charge is -2.28. The molecule has 0 aromatic heterocycles. The van der Waals surface area contributed by atoms with Crippen molar-refractivity contribution in [3.05, 3.63) is 41.5 Å². The number of hydrogen-bond acceptors (Lipinski definition) is 2. The number of benzene rings is 1. The lowest BCUT2D eigenvalue weighted by Crippen LogP contribution is -2.24. The lowest BCUT2D eigenvalue weighted by molar-refractivity contribution is 0.0161. The van der Waals surface area contributed by atoms with Gasteiger partial charge in [0, 0.05) is 0 Å². The maximum absolute atomic E-state index is 12.7. The van der Waals surface area contributed by atoms with Crippen molar-refractivity contribution < 1.29 is 9.53 Å². The Morgan fingerprint density at radius 1 is 0.969 bits per heavy atom. The summed E-state index contributed by atoms with van der Waals surface area (Å²) in [5.74, 6) is 2.37. The summed E-state index contributed by atoms with van der Waals surface area (Å²) in [7, 11) is 0.